The number of amides is 1. The first-order valence-electron chi connectivity index (χ1n) is 7.48. The van der Waals surface area contributed by atoms with Crippen molar-refractivity contribution in [1.29, 1.82) is 0 Å². The van der Waals surface area contributed by atoms with Crippen molar-refractivity contribution in [2.75, 3.05) is 7.11 Å². The number of hydrogen-bond acceptors (Lipinski definition) is 5. The number of aromatic hydroxyl groups is 1. The van der Waals surface area contributed by atoms with Gasteiger partial charge in [-0.3, -0.25) is 0 Å². The first-order valence-corrected chi connectivity index (χ1v) is 7.48. The predicted molar refractivity (Wildman–Crippen MR) is 83.7 cm³/mol. The van der Waals surface area contributed by atoms with E-state index < -0.39 is 23.7 Å². The molecule has 0 aromatic heterocycles. The molecule has 0 spiro atoms. The van der Waals surface area contributed by atoms with Crippen LogP contribution in [0.3, 0.4) is 0 Å². The second kappa shape index (κ2) is 6.40. The molecule has 0 saturated carbocycles. The molecule has 1 amide bonds. The highest BCUT2D eigenvalue weighted by molar-refractivity contribution is 6.01. The Morgan fingerprint density at radius 2 is 1.83 bits per heavy atom. The average Bonchev–Trinajstić information content (AvgIpc) is 2.90. The molecule has 1 heterocycles. The van der Waals surface area contributed by atoms with Crippen molar-refractivity contribution >= 4 is 17.8 Å². The monoisotopic (exact) mass is 320 g/mol. The lowest BCUT2D eigenvalue weighted by Crippen LogP contribution is -2.40. The summed E-state index contributed by atoms with van der Waals surface area (Å²) in [5.74, 6) is -0.328. The van der Waals surface area contributed by atoms with Crippen LogP contribution in [0.25, 0.3) is 0 Å². The number of methoxy groups -OCH3 is 1. The molecular formula is C17H22NO5+. The number of rotatable bonds is 2. The molecule has 0 aliphatic carbocycles. The molecule has 0 radical (unpaired) electrons. The standard InChI is InChI=1S/C17H21NO5/c1-17(2,3)23-16(21)18-13(9-10-14(18)15(20)22-4)11-5-7-12(19)8-6-11/h5-8,14H,9-10H2,1-4H3/p+1/t14-/m0/s1. The van der Waals surface area contributed by atoms with E-state index in [4.69, 9.17) is 9.47 Å². The van der Waals surface area contributed by atoms with Gasteiger partial charge in [0, 0.05) is 18.4 Å². The quantitative estimate of drug-likeness (QED) is 0.669. The second-order valence-electron chi connectivity index (χ2n) is 6.42. The molecule has 1 aromatic rings. The predicted octanol–water partition coefficient (Wildman–Crippen LogP) is 2.46. The Labute approximate surface area is 135 Å². The van der Waals surface area contributed by atoms with Crippen LogP contribution in [0.15, 0.2) is 24.3 Å². The fourth-order valence-corrected chi connectivity index (χ4v) is 2.56. The van der Waals surface area contributed by atoms with Crippen molar-refractivity contribution in [2.24, 2.45) is 0 Å². The molecule has 0 bridgehead atoms. The molecule has 124 valence electrons. The Kier molecular flexibility index (Phi) is 4.73. The lowest BCUT2D eigenvalue weighted by molar-refractivity contribution is -0.471. The van der Waals surface area contributed by atoms with Gasteiger partial charge < -0.3 is 14.6 Å². The maximum atomic E-state index is 12.6. The van der Waals surface area contributed by atoms with Gasteiger partial charge in [-0.2, -0.15) is 4.79 Å². The zero-order chi connectivity index (χ0) is 17.2. The fourth-order valence-electron chi connectivity index (χ4n) is 2.56. The number of phenolic OH excluding ortho intramolecular Hbond substituents is 1. The molecule has 0 fully saturated rings. The summed E-state index contributed by atoms with van der Waals surface area (Å²) in [6, 6.07) is 5.81. The topological polar surface area (TPSA) is 75.8 Å². The van der Waals surface area contributed by atoms with Crippen LogP contribution >= 0.6 is 0 Å². The lowest BCUT2D eigenvalue weighted by atomic mass is 10.1. The van der Waals surface area contributed by atoms with Crippen molar-refractivity contribution in [3.05, 3.63) is 29.8 Å². The Morgan fingerprint density at radius 3 is 2.35 bits per heavy atom. The molecule has 1 atom stereocenters. The van der Waals surface area contributed by atoms with Crippen LogP contribution in [0, 0.1) is 0 Å². The maximum absolute atomic E-state index is 12.6. The number of carbonyl (C=O) groups excluding carboxylic acids is 2. The zero-order valence-electron chi connectivity index (χ0n) is 13.8. The third-order valence-electron chi connectivity index (χ3n) is 3.52. The SMILES string of the molecule is COC(=O)[C@@H]1CCC(c2ccc(O)cc2)=[N+]1C(=O)OC(C)(C)C. The van der Waals surface area contributed by atoms with E-state index in [1.165, 1.54) is 11.7 Å². The van der Waals surface area contributed by atoms with Gasteiger partial charge >= 0.3 is 12.1 Å². The highest BCUT2D eigenvalue weighted by atomic mass is 16.6. The van der Waals surface area contributed by atoms with Crippen LogP contribution in [0.5, 0.6) is 5.75 Å². The van der Waals surface area contributed by atoms with Crippen molar-refractivity contribution < 1.29 is 28.7 Å². The van der Waals surface area contributed by atoms with E-state index in [0.717, 1.165) is 5.56 Å². The van der Waals surface area contributed by atoms with Crippen LogP contribution in [0.1, 0.15) is 39.2 Å². The maximum Gasteiger partial charge on any atom is 0.597 e. The van der Waals surface area contributed by atoms with Gasteiger partial charge in [-0.05, 0) is 45.0 Å². The molecule has 1 aliphatic heterocycles. The summed E-state index contributed by atoms with van der Waals surface area (Å²) in [6.45, 7) is 5.32. The molecule has 2 rings (SSSR count). The Hall–Kier alpha value is -2.37. The summed E-state index contributed by atoms with van der Waals surface area (Å²) in [5.41, 5.74) is 0.787. The smallest absolute Gasteiger partial charge is 0.508 e. The lowest BCUT2D eigenvalue weighted by Gasteiger charge is -2.18. The van der Waals surface area contributed by atoms with E-state index >= 15 is 0 Å². The third kappa shape index (κ3) is 3.88. The summed E-state index contributed by atoms with van der Waals surface area (Å²) < 4.78 is 11.6. The second-order valence-corrected chi connectivity index (χ2v) is 6.42. The van der Waals surface area contributed by atoms with E-state index in [1.807, 2.05) is 0 Å². The summed E-state index contributed by atoms with van der Waals surface area (Å²) in [6.07, 6.45) is 0.444. The van der Waals surface area contributed by atoms with E-state index in [9.17, 15) is 14.7 Å². The molecule has 1 N–H and O–H groups in total. The van der Waals surface area contributed by atoms with Gasteiger partial charge in [-0.25, -0.2) is 4.79 Å². The van der Waals surface area contributed by atoms with Gasteiger partial charge in [0.1, 0.15) is 11.4 Å². The summed E-state index contributed by atoms with van der Waals surface area (Å²) in [4.78, 5) is 24.6. The molecule has 6 heteroatoms. The Balaban J connectivity index is 2.46. The minimum Gasteiger partial charge on any atom is -0.508 e. The van der Waals surface area contributed by atoms with Crippen LogP contribution in [0.2, 0.25) is 0 Å². The highest BCUT2D eigenvalue weighted by Crippen LogP contribution is 2.23. The average molecular weight is 320 g/mol. The van der Waals surface area contributed by atoms with E-state index in [2.05, 4.69) is 0 Å². The minimum atomic E-state index is -0.696. The van der Waals surface area contributed by atoms with Gasteiger partial charge in [0.2, 0.25) is 0 Å². The van der Waals surface area contributed by atoms with Gasteiger partial charge in [0.25, 0.3) is 6.04 Å². The summed E-state index contributed by atoms with van der Waals surface area (Å²) >= 11 is 0. The molecule has 1 aliphatic rings. The molecule has 1 aromatic carbocycles. The van der Waals surface area contributed by atoms with Crippen molar-refractivity contribution in [3.8, 4) is 5.75 Å². The van der Waals surface area contributed by atoms with Crippen LogP contribution in [-0.4, -0.2) is 46.2 Å². The summed E-state index contributed by atoms with van der Waals surface area (Å²) in [7, 11) is 1.30. The number of nitrogens with zero attached hydrogens (tertiary/aromatic N) is 1. The number of hydrogen-bond donors (Lipinski definition) is 1. The number of carbonyl (C=O) groups is 2. The van der Waals surface area contributed by atoms with E-state index in [-0.39, 0.29) is 5.75 Å². The van der Waals surface area contributed by atoms with Gasteiger partial charge in [0.05, 0.1) is 7.11 Å². The number of esters is 1. The van der Waals surface area contributed by atoms with Crippen molar-refractivity contribution in [3.63, 3.8) is 0 Å². The minimum absolute atomic E-state index is 0.140. The largest absolute Gasteiger partial charge is 0.597 e. The Bertz CT molecular complexity index is 640. The zero-order valence-corrected chi connectivity index (χ0v) is 13.8. The van der Waals surface area contributed by atoms with Crippen LogP contribution in [-0.2, 0) is 14.3 Å². The number of benzene rings is 1. The Morgan fingerprint density at radius 1 is 1.22 bits per heavy atom. The fraction of sp³-hybridized carbons (Fsp3) is 0.471. The highest BCUT2D eigenvalue weighted by Gasteiger charge is 2.46. The van der Waals surface area contributed by atoms with E-state index in [1.54, 1.807) is 45.0 Å². The van der Waals surface area contributed by atoms with Gasteiger partial charge in [-0.15, -0.1) is 4.58 Å². The van der Waals surface area contributed by atoms with Gasteiger partial charge in [-0.1, -0.05) is 0 Å². The molecule has 0 saturated heterocycles. The molecule has 23 heavy (non-hydrogen) atoms. The van der Waals surface area contributed by atoms with Crippen molar-refractivity contribution in [2.45, 2.75) is 45.3 Å². The molecule has 6 nitrogen and oxygen atoms in total. The van der Waals surface area contributed by atoms with Gasteiger partial charge in [0.15, 0.2) is 5.71 Å². The first-order chi connectivity index (χ1) is 10.7. The number of ether oxygens (including phenoxy) is 2. The molecule has 0 unspecified atom stereocenters. The van der Waals surface area contributed by atoms with Crippen LogP contribution < -0.4 is 0 Å². The number of phenols is 1. The van der Waals surface area contributed by atoms with Crippen molar-refractivity contribution in [1.82, 2.24) is 0 Å². The molecular weight excluding hydrogens is 298 g/mol. The van der Waals surface area contributed by atoms with Crippen LogP contribution in [0.4, 0.5) is 4.79 Å². The normalized spacial score (nSPS) is 18.0. The van der Waals surface area contributed by atoms with E-state index in [0.29, 0.717) is 18.6 Å². The third-order valence-corrected chi connectivity index (χ3v) is 3.52. The first kappa shape index (κ1) is 17.0. The summed E-state index contributed by atoms with van der Waals surface area (Å²) in [5, 5.41) is 9.42.